The van der Waals surface area contributed by atoms with Crippen LogP contribution in [0.1, 0.15) is 36.8 Å². The fourth-order valence-electron chi connectivity index (χ4n) is 3.40. The molecule has 1 aliphatic heterocycles. The molecule has 3 rings (SSSR count). The fraction of sp³-hybridized carbons (Fsp3) is 0.450. The maximum Gasteiger partial charge on any atom is 0.322 e. The van der Waals surface area contributed by atoms with E-state index in [4.69, 9.17) is 4.74 Å². The lowest BCUT2D eigenvalue weighted by atomic mass is 10.1. The van der Waals surface area contributed by atoms with E-state index in [0.717, 1.165) is 12.1 Å². The van der Waals surface area contributed by atoms with Crippen LogP contribution in [0.25, 0.3) is 0 Å². The van der Waals surface area contributed by atoms with Crippen LogP contribution in [-0.2, 0) is 17.8 Å². The zero-order chi connectivity index (χ0) is 22.1. The predicted octanol–water partition coefficient (Wildman–Crippen LogP) is 2.75. The van der Waals surface area contributed by atoms with E-state index in [-0.39, 0.29) is 24.2 Å². The van der Waals surface area contributed by atoms with Crippen molar-refractivity contribution in [2.75, 3.05) is 19.0 Å². The van der Waals surface area contributed by atoms with Crippen molar-refractivity contribution in [1.82, 2.24) is 20.0 Å². The summed E-state index contributed by atoms with van der Waals surface area (Å²) in [6.07, 6.45) is 1.48. The first-order chi connectivity index (χ1) is 14.1. The number of halogens is 2. The number of nitrogens with zero attached hydrogens (tertiary/aromatic N) is 3. The second-order valence-electron chi connectivity index (χ2n) is 7.99. The monoisotopic (exact) mass is 421 g/mol. The maximum absolute atomic E-state index is 13.4. The normalized spacial score (nSPS) is 16.2. The molecule has 0 radical (unpaired) electrons. The molecule has 0 saturated heterocycles. The van der Waals surface area contributed by atoms with Crippen molar-refractivity contribution in [3.05, 3.63) is 47.3 Å². The van der Waals surface area contributed by atoms with E-state index in [9.17, 15) is 18.4 Å². The first-order valence-corrected chi connectivity index (χ1v) is 9.50. The molecule has 0 spiro atoms. The number of nitrogens with one attached hydrogen (secondary N) is 2. The molecule has 2 heterocycles. The van der Waals surface area contributed by atoms with E-state index in [1.165, 1.54) is 17.2 Å². The topological polar surface area (TPSA) is 88.5 Å². The molecule has 0 unspecified atom stereocenters. The van der Waals surface area contributed by atoms with Crippen LogP contribution in [0.2, 0.25) is 0 Å². The molecular formula is C20H25F2N5O3. The van der Waals surface area contributed by atoms with Gasteiger partial charge in [-0.05, 0) is 32.9 Å². The largest absolute Gasteiger partial charge is 0.382 e. The minimum atomic E-state index is -1.05. The van der Waals surface area contributed by atoms with Gasteiger partial charge >= 0.3 is 6.03 Å². The number of carbonyl (C=O) groups excluding carboxylic acids is 2. The molecule has 162 valence electrons. The number of carbonyl (C=O) groups is 2. The molecule has 0 fully saturated rings. The summed E-state index contributed by atoms with van der Waals surface area (Å²) >= 11 is 0. The SMILES string of the molecule is COCC(C)(C)NC(=O)c1cnn2c1CN(C(=O)Nc1ccc(F)c(F)c1)[C@H](C)C2. The highest BCUT2D eigenvalue weighted by Gasteiger charge is 2.32. The lowest BCUT2D eigenvalue weighted by Gasteiger charge is -2.34. The number of urea groups is 1. The Hall–Kier alpha value is -3.01. The molecule has 3 amide bonds. The zero-order valence-electron chi connectivity index (χ0n) is 17.3. The van der Waals surface area contributed by atoms with Crippen LogP contribution in [0.5, 0.6) is 0 Å². The number of fused-ring (bicyclic) bond motifs is 1. The molecule has 0 saturated carbocycles. The molecular weight excluding hydrogens is 396 g/mol. The van der Waals surface area contributed by atoms with Gasteiger partial charge in [0, 0.05) is 18.9 Å². The molecule has 1 atom stereocenters. The third-order valence-electron chi connectivity index (χ3n) is 4.87. The fourth-order valence-corrected chi connectivity index (χ4v) is 3.40. The number of hydrogen-bond donors (Lipinski definition) is 2. The highest BCUT2D eigenvalue weighted by atomic mass is 19.2. The van der Waals surface area contributed by atoms with Gasteiger partial charge in [-0.1, -0.05) is 0 Å². The van der Waals surface area contributed by atoms with Gasteiger partial charge in [-0.15, -0.1) is 0 Å². The summed E-state index contributed by atoms with van der Waals surface area (Å²) in [6, 6.07) is 2.45. The number of aromatic nitrogens is 2. The minimum absolute atomic E-state index is 0.143. The van der Waals surface area contributed by atoms with Crippen LogP contribution >= 0.6 is 0 Å². The molecule has 0 bridgehead atoms. The Morgan fingerprint density at radius 2 is 2.03 bits per heavy atom. The first-order valence-electron chi connectivity index (χ1n) is 9.50. The van der Waals surface area contributed by atoms with Crippen molar-refractivity contribution in [3.63, 3.8) is 0 Å². The molecule has 30 heavy (non-hydrogen) atoms. The molecule has 1 aromatic carbocycles. The Balaban J connectivity index is 1.77. The molecule has 10 heteroatoms. The van der Waals surface area contributed by atoms with Gasteiger partial charge in [-0.2, -0.15) is 5.10 Å². The maximum atomic E-state index is 13.4. The number of amides is 3. The number of ether oxygens (including phenoxy) is 1. The molecule has 2 aromatic rings. The summed E-state index contributed by atoms with van der Waals surface area (Å²) in [7, 11) is 1.56. The van der Waals surface area contributed by atoms with Crippen LogP contribution in [-0.4, -0.2) is 51.9 Å². The summed E-state index contributed by atoms with van der Waals surface area (Å²) < 4.78 is 33.4. The molecule has 2 N–H and O–H groups in total. The summed E-state index contributed by atoms with van der Waals surface area (Å²) in [5.74, 6) is -2.35. The van der Waals surface area contributed by atoms with Crippen LogP contribution in [0, 0.1) is 11.6 Å². The molecule has 0 aliphatic carbocycles. The molecule has 1 aromatic heterocycles. The minimum Gasteiger partial charge on any atom is -0.382 e. The summed E-state index contributed by atoms with van der Waals surface area (Å²) in [5.41, 5.74) is 0.534. The number of benzene rings is 1. The van der Waals surface area contributed by atoms with E-state index in [0.29, 0.717) is 24.4 Å². The van der Waals surface area contributed by atoms with E-state index in [1.54, 1.807) is 11.8 Å². The van der Waals surface area contributed by atoms with E-state index >= 15 is 0 Å². The van der Waals surface area contributed by atoms with Crippen molar-refractivity contribution in [2.24, 2.45) is 0 Å². The number of methoxy groups -OCH3 is 1. The van der Waals surface area contributed by atoms with Crippen LogP contribution in [0.3, 0.4) is 0 Å². The lowest BCUT2D eigenvalue weighted by molar-refractivity contribution is 0.0815. The van der Waals surface area contributed by atoms with Crippen molar-refractivity contribution in [3.8, 4) is 0 Å². The Morgan fingerprint density at radius 3 is 2.70 bits per heavy atom. The number of anilines is 1. The van der Waals surface area contributed by atoms with Gasteiger partial charge in [0.1, 0.15) is 0 Å². The van der Waals surface area contributed by atoms with E-state index in [2.05, 4.69) is 15.7 Å². The van der Waals surface area contributed by atoms with Gasteiger partial charge in [0.15, 0.2) is 11.6 Å². The second-order valence-corrected chi connectivity index (χ2v) is 7.99. The predicted molar refractivity (Wildman–Crippen MR) is 106 cm³/mol. The first kappa shape index (κ1) is 21.7. The highest BCUT2D eigenvalue weighted by Crippen LogP contribution is 2.23. The number of hydrogen-bond acceptors (Lipinski definition) is 4. The summed E-state index contributed by atoms with van der Waals surface area (Å²) in [4.78, 5) is 27.0. The van der Waals surface area contributed by atoms with Crippen molar-refractivity contribution < 1.29 is 23.1 Å². The van der Waals surface area contributed by atoms with Gasteiger partial charge in [0.05, 0.1) is 48.7 Å². The van der Waals surface area contributed by atoms with Crippen LogP contribution in [0.15, 0.2) is 24.4 Å². The Labute approximate surface area is 173 Å². The standard InChI is InChI=1S/C20H25F2N5O3/c1-12-9-27-17(14(8-23-27)18(28)25-20(2,3)11-30-4)10-26(12)19(29)24-13-5-6-15(21)16(22)7-13/h5-8,12H,9-11H2,1-4H3,(H,24,29)(H,25,28)/t12-/m1/s1. The van der Waals surface area contributed by atoms with E-state index < -0.39 is 23.2 Å². The lowest BCUT2D eigenvalue weighted by Crippen LogP contribution is -2.49. The van der Waals surface area contributed by atoms with Gasteiger partial charge in [0.25, 0.3) is 5.91 Å². The molecule has 8 nitrogen and oxygen atoms in total. The van der Waals surface area contributed by atoms with Crippen LogP contribution in [0.4, 0.5) is 19.3 Å². The van der Waals surface area contributed by atoms with Gasteiger partial charge < -0.3 is 20.3 Å². The number of rotatable bonds is 5. The summed E-state index contributed by atoms with van der Waals surface area (Å²) in [6.45, 7) is 6.40. The Morgan fingerprint density at radius 1 is 1.30 bits per heavy atom. The van der Waals surface area contributed by atoms with Crippen molar-refractivity contribution in [1.29, 1.82) is 0 Å². The van der Waals surface area contributed by atoms with Crippen molar-refractivity contribution >= 4 is 17.6 Å². The summed E-state index contributed by atoms with van der Waals surface area (Å²) in [5, 5.41) is 9.75. The Kier molecular flexibility index (Phi) is 6.06. The zero-order valence-corrected chi connectivity index (χ0v) is 17.3. The third-order valence-corrected chi connectivity index (χ3v) is 4.87. The van der Waals surface area contributed by atoms with Gasteiger partial charge in [-0.3, -0.25) is 9.48 Å². The second kappa shape index (κ2) is 8.39. The van der Waals surface area contributed by atoms with Gasteiger partial charge in [0.2, 0.25) is 0 Å². The van der Waals surface area contributed by atoms with E-state index in [1.807, 2.05) is 20.8 Å². The third kappa shape index (κ3) is 4.59. The quantitative estimate of drug-likeness (QED) is 0.777. The average molecular weight is 421 g/mol. The highest BCUT2D eigenvalue weighted by molar-refractivity contribution is 5.96. The van der Waals surface area contributed by atoms with Gasteiger partial charge in [-0.25, -0.2) is 13.6 Å². The smallest absolute Gasteiger partial charge is 0.322 e. The van der Waals surface area contributed by atoms with Crippen molar-refractivity contribution in [2.45, 2.75) is 45.4 Å². The van der Waals surface area contributed by atoms with Crippen LogP contribution < -0.4 is 10.6 Å². The Bertz CT molecular complexity index is 960. The average Bonchev–Trinajstić information content (AvgIpc) is 3.06. The molecule has 1 aliphatic rings.